The van der Waals surface area contributed by atoms with Gasteiger partial charge in [0.1, 0.15) is 0 Å². The summed E-state index contributed by atoms with van der Waals surface area (Å²) in [6.45, 7) is 9.05. The van der Waals surface area contributed by atoms with Crippen LogP contribution in [0, 0.1) is 0 Å². The van der Waals surface area contributed by atoms with Crippen molar-refractivity contribution in [2.75, 3.05) is 19.6 Å². The Morgan fingerprint density at radius 3 is 3.07 bits per heavy atom. The number of rotatable bonds is 7. The van der Waals surface area contributed by atoms with Crippen LogP contribution >= 0.6 is 0 Å². The summed E-state index contributed by atoms with van der Waals surface area (Å²) in [6.07, 6.45) is 7.93. The molecule has 0 aromatic carbocycles. The van der Waals surface area contributed by atoms with Gasteiger partial charge in [-0.25, -0.2) is 0 Å². The van der Waals surface area contributed by atoms with Crippen LogP contribution < -0.4 is 5.32 Å². The van der Waals surface area contributed by atoms with E-state index in [1.54, 1.807) is 0 Å². The van der Waals surface area contributed by atoms with Gasteiger partial charge >= 0.3 is 0 Å². The van der Waals surface area contributed by atoms with Crippen molar-refractivity contribution in [3.05, 3.63) is 12.7 Å². The zero-order valence-corrected chi connectivity index (χ0v) is 9.08. The van der Waals surface area contributed by atoms with Gasteiger partial charge in [0.2, 0.25) is 0 Å². The van der Waals surface area contributed by atoms with E-state index in [0.29, 0.717) is 0 Å². The fourth-order valence-electron chi connectivity index (χ4n) is 1.57. The molecule has 0 saturated heterocycles. The van der Waals surface area contributed by atoms with Gasteiger partial charge in [-0.05, 0) is 13.0 Å². The molecule has 0 fully saturated rings. The van der Waals surface area contributed by atoms with Gasteiger partial charge in [-0.2, -0.15) is 0 Å². The predicted octanol–water partition coefficient (Wildman–Crippen LogP) is 1.62. The summed E-state index contributed by atoms with van der Waals surface area (Å²) in [7, 11) is 0. The molecule has 1 aliphatic heterocycles. The van der Waals surface area contributed by atoms with Gasteiger partial charge in [-0.3, -0.25) is 10.3 Å². The lowest BCUT2D eigenvalue weighted by Gasteiger charge is -2.24. The quantitative estimate of drug-likeness (QED) is 0.494. The highest BCUT2D eigenvalue weighted by atomic mass is 15.3. The molecule has 0 amide bonds. The first-order valence-corrected chi connectivity index (χ1v) is 5.50. The molecule has 0 saturated carbocycles. The summed E-state index contributed by atoms with van der Waals surface area (Å²) in [6, 6.07) is 0. The summed E-state index contributed by atoms with van der Waals surface area (Å²) in [5.74, 6) is 0. The Bertz CT molecular complexity index is 189. The van der Waals surface area contributed by atoms with Crippen LogP contribution in [0.2, 0.25) is 0 Å². The molecule has 0 spiro atoms. The van der Waals surface area contributed by atoms with E-state index in [1.807, 2.05) is 12.4 Å². The van der Waals surface area contributed by atoms with Crippen LogP contribution in [0.1, 0.15) is 26.2 Å². The third-order valence-electron chi connectivity index (χ3n) is 2.43. The second-order valence-corrected chi connectivity index (χ2v) is 3.60. The van der Waals surface area contributed by atoms with Crippen molar-refractivity contribution in [3.63, 3.8) is 0 Å². The Morgan fingerprint density at radius 1 is 1.64 bits per heavy atom. The van der Waals surface area contributed by atoms with Gasteiger partial charge in [0, 0.05) is 6.54 Å². The minimum Gasteiger partial charge on any atom is -0.342 e. The molecule has 1 unspecified atom stereocenters. The van der Waals surface area contributed by atoms with E-state index in [9.17, 15) is 0 Å². The summed E-state index contributed by atoms with van der Waals surface area (Å²) in [4.78, 5) is 6.38. The van der Waals surface area contributed by atoms with E-state index in [2.05, 4.69) is 28.7 Å². The largest absolute Gasteiger partial charge is 0.342 e. The highest BCUT2D eigenvalue weighted by Crippen LogP contribution is 2.01. The molecule has 0 bridgehead atoms. The van der Waals surface area contributed by atoms with Crippen LogP contribution in [0.5, 0.6) is 0 Å². The van der Waals surface area contributed by atoms with Gasteiger partial charge in [0.25, 0.3) is 0 Å². The summed E-state index contributed by atoms with van der Waals surface area (Å²) in [5.41, 5.74) is 0. The van der Waals surface area contributed by atoms with Gasteiger partial charge in [0.05, 0.1) is 19.0 Å². The molecule has 14 heavy (non-hydrogen) atoms. The number of nitrogens with zero attached hydrogens (tertiary/aromatic N) is 2. The van der Waals surface area contributed by atoms with Crippen molar-refractivity contribution >= 4 is 6.34 Å². The maximum absolute atomic E-state index is 4.19. The van der Waals surface area contributed by atoms with E-state index in [0.717, 1.165) is 19.6 Å². The second-order valence-electron chi connectivity index (χ2n) is 3.60. The van der Waals surface area contributed by atoms with E-state index in [4.69, 9.17) is 0 Å². The Hall–Kier alpha value is -0.830. The number of hydrogen-bond donors (Lipinski definition) is 1. The van der Waals surface area contributed by atoms with Crippen molar-refractivity contribution in [1.82, 2.24) is 10.2 Å². The SMILES string of the molecule is C=CC(NCCCCC)N1C=NCC1. The molecular formula is C11H21N3. The lowest BCUT2D eigenvalue weighted by Crippen LogP contribution is -2.43. The first-order chi connectivity index (χ1) is 6.88. The first-order valence-electron chi connectivity index (χ1n) is 5.50. The zero-order valence-electron chi connectivity index (χ0n) is 9.08. The Morgan fingerprint density at radius 2 is 2.50 bits per heavy atom. The van der Waals surface area contributed by atoms with Crippen LogP contribution in [0.15, 0.2) is 17.6 Å². The molecule has 1 rings (SSSR count). The topological polar surface area (TPSA) is 27.6 Å². The Balaban J connectivity index is 2.17. The van der Waals surface area contributed by atoms with Crippen molar-refractivity contribution in [1.29, 1.82) is 0 Å². The monoisotopic (exact) mass is 195 g/mol. The summed E-state index contributed by atoms with van der Waals surface area (Å²) >= 11 is 0. The molecule has 1 atom stereocenters. The van der Waals surface area contributed by atoms with Crippen molar-refractivity contribution < 1.29 is 0 Å². The lowest BCUT2D eigenvalue weighted by molar-refractivity contribution is 0.339. The van der Waals surface area contributed by atoms with E-state index in [1.165, 1.54) is 19.3 Å². The van der Waals surface area contributed by atoms with Crippen molar-refractivity contribution in [3.8, 4) is 0 Å². The standard InChI is InChI=1S/C11H21N3/c1-3-5-6-7-13-11(4-2)14-9-8-12-10-14/h4,10-11,13H,2-3,5-9H2,1H3. The molecule has 3 heteroatoms. The Labute approximate surface area is 86.9 Å². The third kappa shape index (κ3) is 3.50. The normalized spacial score (nSPS) is 17.4. The lowest BCUT2D eigenvalue weighted by atomic mass is 10.2. The fraction of sp³-hybridized carbons (Fsp3) is 0.727. The maximum Gasteiger partial charge on any atom is 0.0992 e. The molecular weight excluding hydrogens is 174 g/mol. The summed E-state index contributed by atoms with van der Waals surface area (Å²) < 4.78 is 0. The van der Waals surface area contributed by atoms with Gasteiger partial charge in [0.15, 0.2) is 0 Å². The molecule has 0 radical (unpaired) electrons. The predicted molar refractivity (Wildman–Crippen MR) is 61.6 cm³/mol. The third-order valence-corrected chi connectivity index (χ3v) is 2.43. The van der Waals surface area contributed by atoms with Crippen LogP contribution in [0.4, 0.5) is 0 Å². The fourth-order valence-corrected chi connectivity index (χ4v) is 1.57. The highest BCUT2D eigenvalue weighted by Gasteiger charge is 2.13. The molecule has 3 nitrogen and oxygen atoms in total. The minimum atomic E-state index is 0.262. The molecule has 1 N–H and O–H groups in total. The summed E-state index contributed by atoms with van der Waals surface area (Å²) in [5, 5.41) is 3.46. The molecule has 0 aromatic heterocycles. The van der Waals surface area contributed by atoms with Crippen molar-refractivity contribution in [2.45, 2.75) is 32.4 Å². The molecule has 0 aromatic rings. The smallest absolute Gasteiger partial charge is 0.0992 e. The zero-order chi connectivity index (χ0) is 10.2. The Kier molecular flexibility index (Phi) is 5.30. The molecule has 1 heterocycles. The minimum absolute atomic E-state index is 0.262. The number of unbranched alkanes of at least 4 members (excludes halogenated alkanes) is 2. The van der Waals surface area contributed by atoms with Gasteiger partial charge in [-0.1, -0.05) is 32.4 Å². The second kappa shape index (κ2) is 6.60. The average Bonchev–Trinajstić information content (AvgIpc) is 2.71. The van der Waals surface area contributed by atoms with Crippen LogP contribution in [0.3, 0.4) is 0 Å². The van der Waals surface area contributed by atoms with E-state index < -0.39 is 0 Å². The maximum atomic E-state index is 4.19. The van der Waals surface area contributed by atoms with E-state index >= 15 is 0 Å². The van der Waals surface area contributed by atoms with Gasteiger partial charge in [-0.15, -0.1) is 0 Å². The number of nitrogens with one attached hydrogen (secondary N) is 1. The van der Waals surface area contributed by atoms with Crippen LogP contribution in [0.25, 0.3) is 0 Å². The molecule has 80 valence electrons. The van der Waals surface area contributed by atoms with Gasteiger partial charge < -0.3 is 4.90 Å². The number of hydrogen-bond acceptors (Lipinski definition) is 3. The average molecular weight is 195 g/mol. The molecule has 0 aliphatic carbocycles. The highest BCUT2D eigenvalue weighted by molar-refractivity contribution is 5.57. The van der Waals surface area contributed by atoms with Crippen LogP contribution in [-0.2, 0) is 0 Å². The van der Waals surface area contributed by atoms with Crippen molar-refractivity contribution in [2.24, 2.45) is 4.99 Å². The number of aliphatic imine (C=N–C) groups is 1. The van der Waals surface area contributed by atoms with E-state index in [-0.39, 0.29) is 6.17 Å². The molecule has 1 aliphatic rings. The van der Waals surface area contributed by atoms with Crippen LogP contribution in [-0.4, -0.2) is 37.0 Å². The first kappa shape index (κ1) is 11.2.